The Bertz CT molecular complexity index is 1330. The fourth-order valence-electron chi connectivity index (χ4n) is 2.83. The number of aromatic nitrogens is 3. The molecule has 0 aliphatic rings. The van der Waals surface area contributed by atoms with Gasteiger partial charge in [-0.25, -0.2) is 13.8 Å². The van der Waals surface area contributed by atoms with Gasteiger partial charge in [-0.2, -0.15) is 0 Å². The van der Waals surface area contributed by atoms with Gasteiger partial charge in [0.2, 0.25) is 5.88 Å². The molecule has 156 valence electrons. The highest BCUT2D eigenvalue weighted by molar-refractivity contribution is 6.04. The van der Waals surface area contributed by atoms with Crippen LogP contribution < -0.4 is 20.2 Å². The first-order valence-corrected chi connectivity index (χ1v) is 8.90. The number of hydrogen-bond donors (Lipinski definition) is 2. The number of hydrogen-bond acceptors (Lipinski definition) is 6. The van der Waals surface area contributed by atoms with Crippen LogP contribution in [0.15, 0.2) is 59.9 Å². The van der Waals surface area contributed by atoms with Crippen LogP contribution in [0.1, 0.15) is 10.4 Å². The summed E-state index contributed by atoms with van der Waals surface area (Å²) in [6, 6.07) is 5.93. The summed E-state index contributed by atoms with van der Waals surface area (Å²) in [6.45, 7) is 0. The lowest BCUT2D eigenvalue weighted by molar-refractivity contribution is 0.102. The summed E-state index contributed by atoms with van der Waals surface area (Å²) in [5.74, 6) is -3.13. The second-order valence-corrected chi connectivity index (χ2v) is 6.30. The lowest BCUT2D eigenvalue weighted by Gasteiger charge is -2.12. The van der Waals surface area contributed by atoms with Crippen LogP contribution in [0, 0.1) is 11.6 Å². The third kappa shape index (κ3) is 4.04. The molecule has 2 N–H and O–H groups in total. The van der Waals surface area contributed by atoms with Gasteiger partial charge in [0.05, 0.1) is 18.0 Å². The molecule has 10 heteroatoms. The number of fused-ring (bicyclic) bond motifs is 1. The van der Waals surface area contributed by atoms with E-state index in [-0.39, 0.29) is 17.0 Å². The Balaban J connectivity index is 1.63. The molecule has 8 nitrogen and oxygen atoms in total. The molecule has 0 saturated carbocycles. The Labute approximate surface area is 173 Å². The van der Waals surface area contributed by atoms with Gasteiger partial charge in [0.15, 0.2) is 22.8 Å². The van der Waals surface area contributed by atoms with Gasteiger partial charge in [0, 0.05) is 54.7 Å². The largest absolute Gasteiger partial charge is 0.481 e. The Morgan fingerprint density at radius 1 is 1.13 bits per heavy atom. The van der Waals surface area contributed by atoms with Gasteiger partial charge in [-0.05, 0) is 6.07 Å². The molecule has 0 fully saturated rings. The van der Waals surface area contributed by atoms with Crippen LogP contribution in [0.3, 0.4) is 0 Å². The third-order valence-electron chi connectivity index (χ3n) is 4.31. The highest BCUT2D eigenvalue weighted by atomic mass is 19.1. The second kappa shape index (κ2) is 8.19. The molecule has 1 amide bonds. The molecule has 1 aromatic carbocycles. The van der Waals surface area contributed by atoms with E-state index in [1.807, 2.05) is 0 Å². The number of nitrogens with zero attached hydrogens (tertiary/aromatic N) is 2. The molecule has 3 heterocycles. The van der Waals surface area contributed by atoms with Crippen molar-refractivity contribution in [2.24, 2.45) is 0 Å². The maximum absolute atomic E-state index is 14.6. The minimum atomic E-state index is -1.05. The summed E-state index contributed by atoms with van der Waals surface area (Å²) in [4.78, 5) is 34.7. The van der Waals surface area contributed by atoms with Crippen molar-refractivity contribution in [3.8, 4) is 17.4 Å². The van der Waals surface area contributed by atoms with Crippen molar-refractivity contribution in [1.82, 2.24) is 15.0 Å². The average Bonchev–Trinajstić information content (AvgIpc) is 2.76. The van der Waals surface area contributed by atoms with Crippen molar-refractivity contribution in [2.45, 2.75) is 0 Å². The van der Waals surface area contributed by atoms with Crippen LogP contribution in [0.4, 0.5) is 14.5 Å². The summed E-state index contributed by atoms with van der Waals surface area (Å²) in [5, 5.41) is 2.70. The van der Waals surface area contributed by atoms with Crippen molar-refractivity contribution in [2.75, 3.05) is 12.4 Å². The standard InChI is InChI=1S/C21H14F2N4O4/c1-30-19-8-16-12(10-26-19)18(3-5-25-16)31-20-14(22)6-11(7-15(20)23)27-21(29)13-9-24-4-2-17(13)28/h2-10H,1H3,(H,24,28)(H,27,29). The first kappa shape index (κ1) is 20.0. The molecule has 0 bridgehead atoms. The Morgan fingerprint density at radius 2 is 1.90 bits per heavy atom. The lowest BCUT2D eigenvalue weighted by atomic mass is 10.2. The SMILES string of the molecule is COc1cc2nccc(Oc3c(F)cc(NC(=O)c4c[nH]ccc4=O)cc3F)c2cn1. The normalized spacial score (nSPS) is 10.7. The van der Waals surface area contributed by atoms with Crippen LogP contribution in [-0.2, 0) is 0 Å². The monoisotopic (exact) mass is 424 g/mol. The van der Waals surface area contributed by atoms with E-state index in [1.165, 1.54) is 38.0 Å². The van der Waals surface area contributed by atoms with Crippen molar-refractivity contribution >= 4 is 22.5 Å². The molecule has 4 rings (SSSR count). The Morgan fingerprint density at radius 3 is 2.61 bits per heavy atom. The minimum Gasteiger partial charge on any atom is -0.481 e. The number of pyridine rings is 3. The first-order valence-electron chi connectivity index (χ1n) is 8.90. The number of ether oxygens (including phenoxy) is 2. The van der Waals surface area contributed by atoms with Crippen LogP contribution in [0.5, 0.6) is 17.4 Å². The van der Waals surface area contributed by atoms with E-state index in [9.17, 15) is 18.4 Å². The number of carbonyl (C=O) groups excluding carboxylic acids is 1. The van der Waals surface area contributed by atoms with Gasteiger partial charge < -0.3 is 19.8 Å². The number of amides is 1. The minimum absolute atomic E-state index is 0.130. The zero-order chi connectivity index (χ0) is 22.0. The molecule has 4 aromatic rings. The molecule has 0 spiro atoms. The number of benzene rings is 1. The lowest BCUT2D eigenvalue weighted by Crippen LogP contribution is -2.21. The molecule has 0 unspecified atom stereocenters. The van der Waals surface area contributed by atoms with Crippen LogP contribution in [0.25, 0.3) is 10.9 Å². The Hall–Kier alpha value is -4.34. The Kier molecular flexibility index (Phi) is 5.27. The summed E-state index contributed by atoms with van der Waals surface area (Å²) in [5.41, 5.74) is -0.453. The second-order valence-electron chi connectivity index (χ2n) is 6.30. The van der Waals surface area contributed by atoms with E-state index in [2.05, 4.69) is 20.3 Å². The van der Waals surface area contributed by atoms with Gasteiger partial charge in [-0.1, -0.05) is 0 Å². The van der Waals surface area contributed by atoms with E-state index in [0.29, 0.717) is 16.8 Å². The number of nitrogens with one attached hydrogen (secondary N) is 2. The maximum atomic E-state index is 14.6. The number of methoxy groups -OCH3 is 1. The van der Waals surface area contributed by atoms with Gasteiger partial charge in [-0.15, -0.1) is 0 Å². The van der Waals surface area contributed by atoms with Gasteiger partial charge >= 0.3 is 0 Å². The summed E-state index contributed by atoms with van der Waals surface area (Å²) in [6.07, 6.45) is 5.38. The van der Waals surface area contributed by atoms with E-state index in [4.69, 9.17) is 9.47 Å². The fourth-order valence-corrected chi connectivity index (χ4v) is 2.83. The predicted octanol–water partition coefficient (Wildman–Crippen LogP) is 3.65. The van der Waals surface area contributed by atoms with Crippen LogP contribution >= 0.6 is 0 Å². The summed E-state index contributed by atoms with van der Waals surface area (Å²) >= 11 is 0. The van der Waals surface area contributed by atoms with Crippen molar-refractivity contribution < 1.29 is 23.0 Å². The molecular formula is C21H14F2N4O4. The predicted molar refractivity (Wildman–Crippen MR) is 108 cm³/mol. The molecule has 0 saturated heterocycles. The molecule has 31 heavy (non-hydrogen) atoms. The smallest absolute Gasteiger partial charge is 0.261 e. The molecule has 3 aromatic heterocycles. The van der Waals surface area contributed by atoms with Crippen molar-refractivity contribution in [3.63, 3.8) is 0 Å². The van der Waals surface area contributed by atoms with E-state index in [0.717, 1.165) is 18.2 Å². The molecular weight excluding hydrogens is 410 g/mol. The number of carbonyl (C=O) groups is 1. The van der Waals surface area contributed by atoms with E-state index >= 15 is 0 Å². The average molecular weight is 424 g/mol. The first-order chi connectivity index (χ1) is 15.0. The maximum Gasteiger partial charge on any atom is 0.261 e. The zero-order valence-electron chi connectivity index (χ0n) is 16.0. The number of aromatic amines is 1. The van der Waals surface area contributed by atoms with Gasteiger partial charge in [0.25, 0.3) is 5.91 Å². The zero-order valence-corrected chi connectivity index (χ0v) is 16.0. The summed E-state index contributed by atoms with van der Waals surface area (Å²) < 4.78 is 39.7. The number of H-pyrrole nitrogens is 1. The number of rotatable bonds is 5. The van der Waals surface area contributed by atoms with Crippen LogP contribution in [0.2, 0.25) is 0 Å². The highest BCUT2D eigenvalue weighted by Crippen LogP contribution is 2.34. The highest BCUT2D eigenvalue weighted by Gasteiger charge is 2.18. The molecule has 0 atom stereocenters. The molecule has 0 aliphatic heterocycles. The van der Waals surface area contributed by atoms with Crippen LogP contribution in [-0.4, -0.2) is 28.0 Å². The molecule has 0 aliphatic carbocycles. The fraction of sp³-hybridized carbons (Fsp3) is 0.0476. The number of halogens is 2. The molecule has 0 radical (unpaired) electrons. The summed E-state index contributed by atoms with van der Waals surface area (Å²) in [7, 11) is 1.45. The van der Waals surface area contributed by atoms with Gasteiger partial charge in [0.1, 0.15) is 11.3 Å². The van der Waals surface area contributed by atoms with Crippen molar-refractivity contribution in [1.29, 1.82) is 0 Å². The van der Waals surface area contributed by atoms with Gasteiger partial charge in [-0.3, -0.25) is 14.6 Å². The van der Waals surface area contributed by atoms with E-state index in [1.54, 1.807) is 6.07 Å². The number of anilines is 1. The van der Waals surface area contributed by atoms with Crippen molar-refractivity contribution in [3.05, 3.63) is 82.5 Å². The topological polar surface area (TPSA) is 106 Å². The quantitative estimate of drug-likeness (QED) is 0.507. The van der Waals surface area contributed by atoms with E-state index < -0.39 is 28.7 Å². The third-order valence-corrected chi connectivity index (χ3v) is 4.31.